The third-order valence-corrected chi connectivity index (χ3v) is 2.78. The van der Waals surface area contributed by atoms with Crippen molar-refractivity contribution in [2.75, 3.05) is 19.1 Å². The van der Waals surface area contributed by atoms with Gasteiger partial charge in [0.05, 0.1) is 18.4 Å². The number of aromatic carboxylic acids is 1. The van der Waals surface area contributed by atoms with E-state index in [-0.39, 0.29) is 5.56 Å². The number of nitrogens with zero attached hydrogens (tertiary/aromatic N) is 2. The number of carboxylic acid groups (broad SMARTS) is 1. The SMILES string of the molecule is COc1ccccc1N(C)c1cc(C(=O)O)ccn1. The number of benzene rings is 1. The summed E-state index contributed by atoms with van der Waals surface area (Å²) in [5.41, 5.74) is 1.02. The molecule has 0 saturated carbocycles. The fourth-order valence-electron chi connectivity index (χ4n) is 1.77. The lowest BCUT2D eigenvalue weighted by atomic mass is 10.2. The van der Waals surface area contributed by atoms with E-state index in [0.29, 0.717) is 11.6 Å². The van der Waals surface area contributed by atoms with E-state index in [1.54, 1.807) is 12.0 Å². The number of methoxy groups -OCH3 is 1. The smallest absolute Gasteiger partial charge is 0.335 e. The van der Waals surface area contributed by atoms with Gasteiger partial charge in [-0.1, -0.05) is 12.1 Å². The van der Waals surface area contributed by atoms with E-state index in [1.165, 1.54) is 18.3 Å². The van der Waals surface area contributed by atoms with Gasteiger partial charge in [-0.25, -0.2) is 9.78 Å². The average molecular weight is 258 g/mol. The second kappa shape index (κ2) is 5.39. The number of hydrogen-bond acceptors (Lipinski definition) is 4. The molecular weight excluding hydrogens is 244 g/mol. The van der Waals surface area contributed by atoms with Gasteiger partial charge in [-0.05, 0) is 24.3 Å². The monoisotopic (exact) mass is 258 g/mol. The van der Waals surface area contributed by atoms with E-state index in [9.17, 15) is 4.79 Å². The summed E-state index contributed by atoms with van der Waals surface area (Å²) in [6.07, 6.45) is 1.48. The number of aromatic nitrogens is 1. The molecule has 5 nitrogen and oxygen atoms in total. The number of pyridine rings is 1. The molecule has 0 aliphatic heterocycles. The average Bonchev–Trinajstić information content (AvgIpc) is 2.46. The van der Waals surface area contributed by atoms with Crippen LogP contribution in [-0.4, -0.2) is 30.2 Å². The van der Waals surface area contributed by atoms with Crippen LogP contribution in [-0.2, 0) is 0 Å². The van der Waals surface area contributed by atoms with Gasteiger partial charge in [-0.3, -0.25) is 0 Å². The summed E-state index contributed by atoms with van der Waals surface area (Å²) in [6.45, 7) is 0. The molecular formula is C14H14N2O3. The number of hydrogen-bond donors (Lipinski definition) is 1. The molecule has 0 fully saturated rings. The molecule has 0 aliphatic rings. The van der Waals surface area contributed by atoms with E-state index in [2.05, 4.69) is 4.98 Å². The Labute approximate surface area is 111 Å². The van der Waals surface area contributed by atoms with Crippen LogP contribution in [0.25, 0.3) is 0 Å². The molecule has 0 spiro atoms. The van der Waals surface area contributed by atoms with E-state index < -0.39 is 5.97 Å². The largest absolute Gasteiger partial charge is 0.495 e. The minimum absolute atomic E-state index is 0.201. The predicted octanol–water partition coefficient (Wildman–Crippen LogP) is 2.56. The van der Waals surface area contributed by atoms with Gasteiger partial charge in [0, 0.05) is 13.2 Å². The molecule has 1 N–H and O–H groups in total. The highest BCUT2D eigenvalue weighted by atomic mass is 16.5. The number of carbonyl (C=O) groups is 1. The summed E-state index contributed by atoms with van der Waals surface area (Å²) < 4.78 is 5.28. The highest BCUT2D eigenvalue weighted by Crippen LogP contribution is 2.31. The minimum Gasteiger partial charge on any atom is -0.495 e. The predicted molar refractivity (Wildman–Crippen MR) is 72.3 cm³/mol. The molecule has 5 heteroatoms. The van der Waals surface area contributed by atoms with Crippen LogP contribution in [0.5, 0.6) is 5.75 Å². The zero-order chi connectivity index (χ0) is 13.8. The Morgan fingerprint density at radius 1 is 1.32 bits per heavy atom. The third kappa shape index (κ3) is 2.65. The Morgan fingerprint density at radius 2 is 2.05 bits per heavy atom. The van der Waals surface area contributed by atoms with Gasteiger partial charge >= 0.3 is 5.97 Å². The number of para-hydroxylation sites is 2. The van der Waals surface area contributed by atoms with Gasteiger partial charge in [-0.15, -0.1) is 0 Å². The lowest BCUT2D eigenvalue weighted by molar-refractivity contribution is 0.0697. The first kappa shape index (κ1) is 12.9. The molecule has 0 amide bonds. The molecule has 1 aromatic heterocycles. The first-order valence-electron chi connectivity index (χ1n) is 5.69. The highest BCUT2D eigenvalue weighted by molar-refractivity contribution is 5.88. The maximum absolute atomic E-state index is 11.0. The van der Waals surface area contributed by atoms with Crippen LogP contribution in [0, 0.1) is 0 Å². The van der Waals surface area contributed by atoms with Crippen LogP contribution in [0.2, 0.25) is 0 Å². The van der Waals surface area contributed by atoms with Crippen LogP contribution in [0.1, 0.15) is 10.4 Å². The Kier molecular flexibility index (Phi) is 3.66. The Morgan fingerprint density at radius 3 is 2.74 bits per heavy atom. The Hall–Kier alpha value is -2.56. The molecule has 98 valence electrons. The van der Waals surface area contributed by atoms with Crippen LogP contribution in [0.3, 0.4) is 0 Å². The van der Waals surface area contributed by atoms with Crippen LogP contribution in [0.4, 0.5) is 11.5 Å². The lowest BCUT2D eigenvalue weighted by Gasteiger charge is -2.20. The summed E-state index contributed by atoms with van der Waals surface area (Å²) in [5, 5.41) is 8.99. The molecule has 0 unspecified atom stereocenters. The number of anilines is 2. The van der Waals surface area contributed by atoms with Crippen molar-refractivity contribution in [3.05, 3.63) is 48.2 Å². The van der Waals surface area contributed by atoms with Crippen molar-refractivity contribution in [2.45, 2.75) is 0 Å². The zero-order valence-corrected chi connectivity index (χ0v) is 10.7. The first-order chi connectivity index (χ1) is 9.13. The summed E-state index contributed by atoms with van der Waals surface area (Å²) in [4.78, 5) is 16.9. The van der Waals surface area contributed by atoms with E-state index in [4.69, 9.17) is 9.84 Å². The maximum Gasteiger partial charge on any atom is 0.335 e. The van der Waals surface area contributed by atoms with Gasteiger partial charge in [0.2, 0.25) is 0 Å². The summed E-state index contributed by atoms with van der Waals surface area (Å²) in [6, 6.07) is 10.5. The molecule has 19 heavy (non-hydrogen) atoms. The van der Waals surface area contributed by atoms with Crippen molar-refractivity contribution in [1.29, 1.82) is 0 Å². The van der Waals surface area contributed by atoms with Crippen molar-refractivity contribution in [3.63, 3.8) is 0 Å². The second-order valence-corrected chi connectivity index (χ2v) is 3.94. The van der Waals surface area contributed by atoms with Crippen LogP contribution < -0.4 is 9.64 Å². The van der Waals surface area contributed by atoms with Crippen molar-refractivity contribution < 1.29 is 14.6 Å². The fraction of sp³-hybridized carbons (Fsp3) is 0.143. The molecule has 0 radical (unpaired) electrons. The highest BCUT2D eigenvalue weighted by Gasteiger charge is 2.12. The number of ether oxygens (including phenoxy) is 1. The molecule has 0 aliphatic carbocycles. The van der Waals surface area contributed by atoms with Gasteiger partial charge in [0.1, 0.15) is 11.6 Å². The van der Waals surface area contributed by atoms with Crippen LogP contribution in [0.15, 0.2) is 42.6 Å². The molecule has 0 saturated heterocycles. The molecule has 2 aromatic rings. The van der Waals surface area contributed by atoms with Crippen LogP contribution >= 0.6 is 0 Å². The van der Waals surface area contributed by atoms with Crippen molar-refractivity contribution in [3.8, 4) is 5.75 Å². The topological polar surface area (TPSA) is 62.7 Å². The second-order valence-electron chi connectivity index (χ2n) is 3.94. The van der Waals surface area contributed by atoms with Gasteiger partial charge < -0.3 is 14.7 Å². The molecule has 1 aromatic carbocycles. The van der Waals surface area contributed by atoms with Crippen molar-refractivity contribution in [2.24, 2.45) is 0 Å². The summed E-state index contributed by atoms with van der Waals surface area (Å²) in [5.74, 6) is 0.272. The molecule has 2 rings (SSSR count). The Bertz CT molecular complexity index is 599. The normalized spacial score (nSPS) is 10.0. The third-order valence-electron chi connectivity index (χ3n) is 2.78. The lowest BCUT2D eigenvalue weighted by Crippen LogP contribution is -2.13. The van der Waals surface area contributed by atoms with Gasteiger partial charge in [-0.2, -0.15) is 0 Å². The number of carboxylic acids is 1. The summed E-state index contributed by atoms with van der Waals surface area (Å²) >= 11 is 0. The molecule has 0 bridgehead atoms. The quantitative estimate of drug-likeness (QED) is 0.913. The fourth-order valence-corrected chi connectivity index (χ4v) is 1.77. The zero-order valence-electron chi connectivity index (χ0n) is 10.7. The molecule has 0 atom stereocenters. The number of rotatable bonds is 4. The molecule has 1 heterocycles. The Balaban J connectivity index is 2.41. The minimum atomic E-state index is -0.975. The van der Waals surface area contributed by atoms with Crippen molar-refractivity contribution in [1.82, 2.24) is 4.98 Å². The van der Waals surface area contributed by atoms with Gasteiger partial charge in [0.15, 0.2) is 0 Å². The standard InChI is InChI=1S/C14H14N2O3/c1-16(11-5-3-4-6-12(11)19-2)13-9-10(14(17)18)7-8-15-13/h3-9H,1-2H3,(H,17,18). The van der Waals surface area contributed by atoms with E-state index >= 15 is 0 Å². The van der Waals surface area contributed by atoms with Crippen molar-refractivity contribution >= 4 is 17.5 Å². The first-order valence-corrected chi connectivity index (χ1v) is 5.69. The van der Waals surface area contributed by atoms with E-state index in [1.807, 2.05) is 31.3 Å². The summed E-state index contributed by atoms with van der Waals surface area (Å²) in [7, 11) is 3.40. The van der Waals surface area contributed by atoms with E-state index in [0.717, 1.165) is 5.69 Å². The maximum atomic E-state index is 11.0. The van der Waals surface area contributed by atoms with Gasteiger partial charge in [0.25, 0.3) is 0 Å².